The van der Waals surface area contributed by atoms with E-state index in [1.165, 1.54) is 16.3 Å². The SMILES string of the molecule is CCC(C)N(C(=O)CSc1nc2ccccc2c(=O)n1-c1ccccc1)C1CCS(=O)(=O)C1. The van der Waals surface area contributed by atoms with Gasteiger partial charge in [0.25, 0.3) is 5.56 Å². The molecular weight excluding hydrogens is 458 g/mol. The highest BCUT2D eigenvalue weighted by atomic mass is 32.2. The number of amides is 1. The molecule has 2 heterocycles. The Balaban J connectivity index is 1.67. The van der Waals surface area contributed by atoms with E-state index in [0.717, 1.165) is 6.42 Å². The van der Waals surface area contributed by atoms with Crippen LogP contribution in [0.2, 0.25) is 0 Å². The van der Waals surface area contributed by atoms with Crippen molar-refractivity contribution < 1.29 is 13.2 Å². The molecule has 174 valence electrons. The Morgan fingerprint density at radius 1 is 1.18 bits per heavy atom. The molecule has 0 radical (unpaired) electrons. The first-order valence-corrected chi connectivity index (χ1v) is 13.8. The normalized spacial score (nSPS) is 18.3. The van der Waals surface area contributed by atoms with Gasteiger partial charge in [-0.2, -0.15) is 0 Å². The molecule has 1 amide bonds. The Bertz CT molecular complexity index is 1320. The average Bonchev–Trinajstić information content (AvgIpc) is 3.17. The second-order valence-corrected chi connectivity index (χ2v) is 11.5. The lowest BCUT2D eigenvalue weighted by Gasteiger charge is -2.33. The summed E-state index contributed by atoms with van der Waals surface area (Å²) in [6.45, 7) is 3.93. The second kappa shape index (κ2) is 9.69. The number of benzene rings is 2. The summed E-state index contributed by atoms with van der Waals surface area (Å²) >= 11 is 1.21. The number of carbonyl (C=O) groups excluding carboxylic acids is 1. The van der Waals surface area contributed by atoms with Crippen molar-refractivity contribution in [1.82, 2.24) is 14.5 Å². The van der Waals surface area contributed by atoms with Gasteiger partial charge in [0, 0.05) is 12.1 Å². The van der Waals surface area contributed by atoms with Crippen LogP contribution in [0, 0.1) is 0 Å². The lowest BCUT2D eigenvalue weighted by atomic mass is 10.1. The van der Waals surface area contributed by atoms with E-state index in [2.05, 4.69) is 4.98 Å². The largest absolute Gasteiger partial charge is 0.335 e. The van der Waals surface area contributed by atoms with Crippen LogP contribution < -0.4 is 5.56 Å². The molecule has 0 N–H and O–H groups in total. The second-order valence-electron chi connectivity index (χ2n) is 8.29. The first kappa shape index (κ1) is 23.5. The molecule has 0 spiro atoms. The highest BCUT2D eigenvalue weighted by Crippen LogP contribution is 2.25. The standard InChI is InChI=1S/C24H27N3O4S2/c1-3-17(2)26(19-13-14-33(30,31)16-19)22(28)15-32-24-25-21-12-8-7-11-20(21)23(29)27(24)18-9-5-4-6-10-18/h4-12,17,19H,3,13-16H2,1-2H3. The van der Waals surface area contributed by atoms with Gasteiger partial charge in [-0.05, 0) is 44.0 Å². The highest BCUT2D eigenvalue weighted by Gasteiger charge is 2.36. The van der Waals surface area contributed by atoms with Crippen molar-refractivity contribution in [2.45, 2.75) is 43.9 Å². The third-order valence-electron chi connectivity index (χ3n) is 6.04. The van der Waals surface area contributed by atoms with Crippen molar-refractivity contribution in [2.75, 3.05) is 17.3 Å². The van der Waals surface area contributed by atoms with Crippen LogP contribution >= 0.6 is 11.8 Å². The van der Waals surface area contributed by atoms with Crippen LogP contribution in [0.3, 0.4) is 0 Å². The van der Waals surface area contributed by atoms with Crippen LogP contribution in [0.1, 0.15) is 26.7 Å². The van der Waals surface area contributed by atoms with Crippen LogP contribution in [-0.2, 0) is 14.6 Å². The fourth-order valence-electron chi connectivity index (χ4n) is 4.22. The number of carbonyl (C=O) groups is 1. The number of para-hydroxylation sites is 2. The first-order valence-electron chi connectivity index (χ1n) is 11.0. The van der Waals surface area contributed by atoms with E-state index in [4.69, 9.17) is 0 Å². The van der Waals surface area contributed by atoms with E-state index in [-0.39, 0.29) is 40.8 Å². The molecule has 1 saturated heterocycles. The third kappa shape index (κ3) is 4.99. The number of aromatic nitrogens is 2. The topological polar surface area (TPSA) is 89.3 Å². The molecule has 2 unspecified atom stereocenters. The van der Waals surface area contributed by atoms with Gasteiger partial charge in [0.1, 0.15) is 0 Å². The van der Waals surface area contributed by atoms with Gasteiger partial charge in [-0.1, -0.05) is 49.0 Å². The maximum atomic E-state index is 13.3. The van der Waals surface area contributed by atoms with E-state index in [1.807, 2.05) is 50.2 Å². The van der Waals surface area contributed by atoms with Gasteiger partial charge in [0.15, 0.2) is 15.0 Å². The molecule has 1 aromatic heterocycles. The first-order chi connectivity index (χ1) is 15.8. The van der Waals surface area contributed by atoms with Gasteiger partial charge in [0.05, 0.1) is 33.8 Å². The van der Waals surface area contributed by atoms with Crippen LogP contribution in [0.15, 0.2) is 64.5 Å². The van der Waals surface area contributed by atoms with Gasteiger partial charge in [-0.15, -0.1) is 0 Å². The Hall–Kier alpha value is -2.65. The molecule has 9 heteroatoms. The van der Waals surface area contributed by atoms with Crippen molar-refractivity contribution in [2.24, 2.45) is 0 Å². The molecule has 1 aliphatic heterocycles. The molecule has 1 aliphatic rings. The summed E-state index contributed by atoms with van der Waals surface area (Å²) < 4.78 is 25.6. The zero-order valence-corrected chi connectivity index (χ0v) is 20.3. The number of hydrogen-bond acceptors (Lipinski definition) is 6. The maximum absolute atomic E-state index is 13.3. The predicted molar refractivity (Wildman–Crippen MR) is 132 cm³/mol. The summed E-state index contributed by atoms with van der Waals surface area (Å²) in [6.07, 6.45) is 1.20. The molecule has 0 aliphatic carbocycles. The molecular formula is C24H27N3O4S2. The number of thioether (sulfide) groups is 1. The van der Waals surface area contributed by atoms with Crippen LogP contribution in [0.5, 0.6) is 0 Å². The van der Waals surface area contributed by atoms with Crippen molar-refractivity contribution >= 4 is 38.4 Å². The number of hydrogen-bond donors (Lipinski definition) is 0. The molecule has 1 fully saturated rings. The van der Waals surface area contributed by atoms with Crippen molar-refractivity contribution in [3.05, 3.63) is 65.0 Å². The van der Waals surface area contributed by atoms with E-state index in [9.17, 15) is 18.0 Å². The third-order valence-corrected chi connectivity index (χ3v) is 8.71. The lowest BCUT2D eigenvalue weighted by Crippen LogP contribution is -2.47. The van der Waals surface area contributed by atoms with E-state index >= 15 is 0 Å². The van der Waals surface area contributed by atoms with Crippen LogP contribution in [-0.4, -0.2) is 58.1 Å². The highest BCUT2D eigenvalue weighted by molar-refractivity contribution is 7.99. The van der Waals surface area contributed by atoms with Gasteiger partial charge < -0.3 is 4.90 Å². The fraction of sp³-hybridized carbons (Fsp3) is 0.375. The fourth-order valence-corrected chi connectivity index (χ4v) is 6.81. The average molecular weight is 486 g/mol. The number of nitrogens with zero attached hydrogens (tertiary/aromatic N) is 3. The summed E-state index contributed by atoms with van der Waals surface area (Å²) in [6, 6.07) is 16.0. The summed E-state index contributed by atoms with van der Waals surface area (Å²) in [4.78, 5) is 33.0. The summed E-state index contributed by atoms with van der Waals surface area (Å²) in [5, 5.41) is 0.941. The molecule has 2 aromatic carbocycles. The van der Waals surface area contributed by atoms with E-state index in [1.54, 1.807) is 23.1 Å². The minimum Gasteiger partial charge on any atom is -0.335 e. The lowest BCUT2D eigenvalue weighted by molar-refractivity contribution is -0.132. The van der Waals surface area contributed by atoms with Crippen molar-refractivity contribution in [1.29, 1.82) is 0 Å². The molecule has 7 nitrogen and oxygen atoms in total. The van der Waals surface area contributed by atoms with Crippen molar-refractivity contribution in [3.63, 3.8) is 0 Å². The zero-order valence-electron chi connectivity index (χ0n) is 18.7. The summed E-state index contributed by atoms with van der Waals surface area (Å²) in [5.41, 5.74) is 1.06. The number of rotatable bonds is 7. The van der Waals surface area contributed by atoms with Crippen LogP contribution in [0.25, 0.3) is 16.6 Å². The number of sulfone groups is 1. The maximum Gasteiger partial charge on any atom is 0.266 e. The summed E-state index contributed by atoms with van der Waals surface area (Å²) in [5.74, 6) is 0.0541. The molecule has 0 bridgehead atoms. The minimum atomic E-state index is -3.11. The Morgan fingerprint density at radius 3 is 2.55 bits per heavy atom. The smallest absolute Gasteiger partial charge is 0.266 e. The molecule has 4 rings (SSSR count). The van der Waals surface area contributed by atoms with Gasteiger partial charge >= 0.3 is 0 Å². The predicted octanol–water partition coefficient (Wildman–Crippen LogP) is 3.29. The van der Waals surface area contributed by atoms with Crippen molar-refractivity contribution in [3.8, 4) is 5.69 Å². The molecule has 33 heavy (non-hydrogen) atoms. The molecule has 0 saturated carbocycles. The van der Waals surface area contributed by atoms with Gasteiger partial charge in [0.2, 0.25) is 5.91 Å². The monoisotopic (exact) mass is 485 g/mol. The Labute approximate surface area is 197 Å². The Morgan fingerprint density at radius 2 is 1.88 bits per heavy atom. The van der Waals surface area contributed by atoms with E-state index in [0.29, 0.717) is 28.2 Å². The summed E-state index contributed by atoms with van der Waals surface area (Å²) in [7, 11) is -3.11. The zero-order chi connectivity index (χ0) is 23.6. The van der Waals surface area contributed by atoms with Crippen LogP contribution in [0.4, 0.5) is 0 Å². The van der Waals surface area contributed by atoms with Gasteiger partial charge in [-0.25, -0.2) is 13.4 Å². The quantitative estimate of drug-likeness (QED) is 0.377. The number of fused-ring (bicyclic) bond motifs is 1. The molecule has 3 aromatic rings. The van der Waals surface area contributed by atoms with Gasteiger partial charge in [-0.3, -0.25) is 14.2 Å². The molecule has 2 atom stereocenters. The minimum absolute atomic E-state index is 0.0106. The Kier molecular flexibility index (Phi) is 6.90. The van der Waals surface area contributed by atoms with E-state index < -0.39 is 9.84 Å².